The number of hydrazine groups is 1. The molecule has 0 saturated carbocycles. The minimum absolute atomic E-state index is 0.315. The summed E-state index contributed by atoms with van der Waals surface area (Å²) in [5.74, 6) is -2.71. The highest BCUT2D eigenvalue weighted by molar-refractivity contribution is 14.1. The SMILES string of the molecule is COc1c(I)cc(I)c(C(=O)NN[C@@H](CC(=O)O)C(=O)O)c1I. The Labute approximate surface area is 172 Å². The fourth-order valence-corrected chi connectivity index (χ4v) is 5.86. The second-order valence-electron chi connectivity index (χ2n) is 4.15. The number of carboxylic acid groups (broad SMARTS) is 2. The Hall–Kier alpha value is -0.420. The minimum Gasteiger partial charge on any atom is -0.495 e. The molecule has 4 N–H and O–H groups in total. The average molecular weight is 660 g/mol. The van der Waals surface area contributed by atoms with Gasteiger partial charge in [-0.25, -0.2) is 5.43 Å². The van der Waals surface area contributed by atoms with Crippen molar-refractivity contribution in [2.24, 2.45) is 0 Å². The predicted octanol–water partition coefficient (Wildman–Crippen LogP) is 1.67. The number of ether oxygens (including phenoxy) is 1. The van der Waals surface area contributed by atoms with Gasteiger partial charge in [-0.3, -0.25) is 19.8 Å². The number of nitrogens with one attached hydrogen (secondary N) is 2. The molecule has 0 aliphatic carbocycles. The molecule has 0 fully saturated rings. The van der Waals surface area contributed by atoms with Gasteiger partial charge in [-0.15, -0.1) is 0 Å². The normalized spacial score (nSPS) is 11.7. The second-order valence-corrected chi connectivity index (χ2v) is 7.55. The first kappa shape index (κ1) is 20.6. The van der Waals surface area contributed by atoms with Gasteiger partial charge in [0.25, 0.3) is 5.91 Å². The number of rotatable bonds is 7. The van der Waals surface area contributed by atoms with Crippen molar-refractivity contribution in [3.05, 3.63) is 22.3 Å². The quantitative estimate of drug-likeness (QED) is 0.259. The highest BCUT2D eigenvalue weighted by atomic mass is 127. The number of hydrogen-bond acceptors (Lipinski definition) is 5. The molecule has 0 aliphatic heterocycles. The van der Waals surface area contributed by atoms with E-state index in [9.17, 15) is 14.4 Å². The van der Waals surface area contributed by atoms with Crippen LogP contribution >= 0.6 is 67.8 Å². The van der Waals surface area contributed by atoms with E-state index in [-0.39, 0.29) is 0 Å². The number of amides is 1. The Morgan fingerprint density at radius 2 is 1.83 bits per heavy atom. The van der Waals surface area contributed by atoms with E-state index in [1.807, 2.05) is 45.2 Å². The zero-order chi connectivity index (χ0) is 17.7. The van der Waals surface area contributed by atoms with Crippen molar-refractivity contribution < 1.29 is 29.3 Å². The van der Waals surface area contributed by atoms with Gasteiger partial charge in [0.1, 0.15) is 11.8 Å². The first-order valence-corrected chi connectivity index (χ1v) is 9.14. The number of benzene rings is 1. The van der Waals surface area contributed by atoms with Crippen molar-refractivity contribution >= 4 is 85.6 Å². The van der Waals surface area contributed by atoms with Gasteiger partial charge in [0.2, 0.25) is 0 Å². The van der Waals surface area contributed by atoms with Crippen LogP contribution in [0.2, 0.25) is 0 Å². The summed E-state index contributed by atoms with van der Waals surface area (Å²) in [6.07, 6.45) is -0.667. The van der Waals surface area contributed by atoms with Crippen molar-refractivity contribution in [1.82, 2.24) is 10.9 Å². The first-order valence-electron chi connectivity index (χ1n) is 5.91. The Balaban J connectivity index is 2.98. The van der Waals surface area contributed by atoms with Crippen LogP contribution in [0.5, 0.6) is 5.75 Å². The first-order chi connectivity index (χ1) is 10.7. The van der Waals surface area contributed by atoms with Crippen molar-refractivity contribution in [2.45, 2.75) is 12.5 Å². The summed E-state index contributed by atoms with van der Waals surface area (Å²) in [7, 11) is 1.49. The fraction of sp³-hybridized carbons (Fsp3) is 0.250. The molecule has 1 atom stereocenters. The molecule has 0 heterocycles. The van der Waals surface area contributed by atoms with Gasteiger partial charge in [-0.1, -0.05) is 0 Å². The van der Waals surface area contributed by atoms with Crippen LogP contribution in [0.25, 0.3) is 0 Å². The van der Waals surface area contributed by atoms with Crippen LogP contribution in [-0.2, 0) is 9.59 Å². The van der Waals surface area contributed by atoms with Crippen LogP contribution in [0.15, 0.2) is 6.07 Å². The van der Waals surface area contributed by atoms with Crippen molar-refractivity contribution in [2.75, 3.05) is 7.11 Å². The lowest BCUT2D eigenvalue weighted by Crippen LogP contribution is -2.49. The topological polar surface area (TPSA) is 125 Å². The molecule has 0 aromatic heterocycles. The molecule has 1 rings (SSSR count). The molecule has 0 spiro atoms. The molecule has 8 nitrogen and oxygen atoms in total. The number of hydrogen-bond donors (Lipinski definition) is 4. The molecule has 1 aromatic carbocycles. The Morgan fingerprint density at radius 3 is 2.30 bits per heavy atom. The molecule has 0 aliphatic rings. The van der Waals surface area contributed by atoms with Gasteiger partial charge in [-0.05, 0) is 73.8 Å². The summed E-state index contributed by atoms with van der Waals surface area (Å²) in [5.41, 5.74) is 4.78. The average Bonchev–Trinajstić information content (AvgIpc) is 2.42. The van der Waals surface area contributed by atoms with Crippen LogP contribution < -0.4 is 15.6 Å². The van der Waals surface area contributed by atoms with E-state index in [2.05, 4.69) is 33.4 Å². The van der Waals surface area contributed by atoms with E-state index in [1.54, 1.807) is 6.07 Å². The number of halogens is 3. The number of carboxylic acids is 2. The maximum Gasteiger partial charge on any atom is 0.323 e. The highest BCUT2D eigenvalue weighted by Gasteiger charge is 2.24. The van der Waals surface area contributed by atoms with Crippen LogP contribution in [0, 0.1) is 10.7 Å². The number of carbonyl (C=O) groups excluding carboxylic acids is 1. The third kappa shape index (κ3) is 5.56. The molecule has 0 saturated heterocycles. The monoisotopic (exact) mass is 660 g/mol. The number of methoxy groups -OCH3 is 1. The number of carbonyl (C=O) groups is 3. The summed E-state index contributed by atoms with van der Waals surface area (Å²) in [6.45, 7) is 0. The van der Waals surface area contributed by atoms with E-state index in [4.69, 9.17) is 14.9 Å². The molecule has 1 amide bonds. The summed E-state index contributed by atoms with van der Waals surface area (Å²) in [4.78, 5) is 33.9. The number of aliphatic carboxylic acids is 2. The lowest BCUT2D eigenvalue weighted by molar-refractivity contribution is -0.146. The van der Waals surface area contributed by atoms with Crippen molar-refractivity contribution in [1.29, 1.82) is 0 Å². The largest absolute Gasteiger partial charge is 0.495 e. The summed E-state index contributed by atoms with van der Waals surface area (Å²) < 4.78 is 7.31. The van der Waals surface area contributed by atoms with E-state index in [0.29, 0.717) is 18.5 Å². The van der Waals surface area contributed by atoms with Gasteiger partial charge in [0, 0.05) is 3.57 Å². The lowest BCUT2D eigenvalue weighted by Gasteiger charge is -2.16. The van der Waals surface area contributed by atoms with Gasteiger partial charge < -0.3 is 14.9 Å². The van der Waals surface area contributed by atoms with E-state index in [1.165, 1.54) is 7.11 Å². The third-order valence-corrected chi connectivity index (χ3v) is 5.28. The molecule has 0 bridgehead atoms. The molecule has 126 valence electrons. The summed E-state index contributed by atoms with van der Waals surface area (Å²) >= 11 is 6.03. The van der Waals surface area contributed by atoms with E-state index in [0.717, 1.165) is 3.57 Å². The van der Waals surface area contributed by atoms with Gasteiger partial charge in [-0.2, -0.15) is 0 Å². The van der Waals surface area contributed by atoms with Gasteiger partial charge in [0.15, 0.2) is 0 Å². The van der Waals surface area contributed by atoms with Crippen LogP contribution in [0.3, 0.4) is 0 Å². The Bertz CT molecular complexity index is 652. The van der Waals surface area contributed by atoms with Crippen LogP contribution in [0.1, 0.15) is 16.8 Å². The maximum absolute atomic E-state index is 12.3. The second kappa shape index (κ2) is 9.16. The minimum atomic E-state index is -1.43. The summed E-state index contributed by atoms with van der Waals surface area (Å²) in [5, 5.41) is 17.6. The van der Waals surface area contributed by atoms with Crippen LogP contribution in [0.4, 0.5) is 0 Å². The van der Waals surface area contributed by atoms with E-state index < -0.39 is 30.3 Å². The highest BCUT2D eigenvalue weighted by Crippen LogP contribution is 2.33. The fourth-order valence-electron chi connectivity index (χ4n) is 1.56. The van der Waals surface area contributed by atoms with Crippen LogP contribution in [-0.4, -0.2) is 41.2 Å². The zero-order valence-corrected chi connectivity index (χ0v) is 18.0. The third-order valence-electron chi connectivity index (χ3n) is 2.60. The molecule has 11 heteroatoms. The van der Waals surface area contributed by atoms with Crippen molar-refractivity contribution in [3.63, 3.8) is 0 Å². The maximum atomic E-state index is 12.3. The Kier molecular flexibility index (Phi) is 8.22. The standard InChI is InChI=1S/C12H11I3N2O6/c1-23-10-5(14)2-4(13)8(9(10)15)11(20)17-16-6(12(21)22)3-7(18)19/h2,6,16H,3H2,1H3,(H,17,20)(H,18,19)(H,21,22)/t6-/m0/s1. The smallest absolute Gasteiger partial charge is 0.323 e. The van der Waals surface area contributed by atoms with Crippen molar-refractivity contribution in [3.8, 4) is 5.75 Å². The molecular formula is C12H11I3N2O6. The molecule has 0 unspecified atom stereocenters. The molecular weight excluding hydrogens is 649 g/mol. The Morgan fingerprint density at radius 1 is 1.22 bits per heavy atom. The zero-order valence-electron chi connectivity index (χ0n) is 11.5. The summed E-state index contributed by atoms with van der Waals surface area (Å²) in [6, 6.07) is 0.320. The molecule has 1 aromatic rings. The van der Waals surface area contributed by atoms with E-state index >= 15 is 0 Å². The predicted molar refractivity (Wildman–Crippen MR) is 105 cm³/mol. The molecule has 0 radical (unpaired) electrons. The van der Waals surface area contributed by atoms with Gasteiger partial charge >= 0.3 is 11.9 Å². The van der Waals surface area contributed by atoms with Gasteiger partial charge in [0.05, 0.1) is 26.2 Å². The lowest BCUT2D eigenvalue weighted by atomic mass is 10.2. The molecule has 23 heavy (non-hydrogen) atoms.